The molecule has 148 valence electrons. The van der Waals surface area contributed by atoms with Gasteiger partial charge in [0.1, 0.15) is 0 Å². The topological polar surface area (TPSA) is 18.5 Å². The molecule has 0 aromatic heterocycles. The molecular weight excluding hydrogens is 334 g/mol. The van der Waals surface area contributed by atoms with E-state index in [4.69, 9.17) is 9.47 Å². The van der Waals surface area contributed by atoms with Crippen LogP contribution in [-0.2, 0) is 0 Å². The summed E-state index contributed by atoms with van der Waals surface area (Å²) in [5.41, 5.74) is 0. The minimum absolute atomic E-state index is 0.0194. The van der Waals surface area contributed by atoms with Crippen LogP contribution in [0, 0.1) is 23.5 Å². The Balaban J connectivity index is 1.77. The molecule has 0 amide bonds. The fourth-order valence-electron chi connectivity index (χ4n) is 4.12. The van der Waals surface area contributed by atoms with E-state index < -0.39 is 11.6 Å². The highest BCUT2D eigenvalue weighted by molar-refractivity contribution is 5.34. The molecule has 2 atom stereocenters. The predicted molar refractivity (Wildman–Crippen MR) is 102 cm³/mol. The van der Waals surface area contributed by atoms with Crippen molar-refractivity contribution < 1.29 is 18.3 Å². The second-order valence-corrected chi connectivity index (χ2v) is 7.41. The number of ether oxygens (including phenoxy) is 2. The summed E-state index contributed by atoms with van der Waals surface area (Å²) in [7, 11) is 0. The van der Waals surface area contributed by atoms with Crippen LogP contribution in [0.4, 0.5) is 8.78 Å². The van der Waals surface area contributed by atoms with E-state index in [0.717, 1.165) is 24.7 Å². The van der Waals surface area contributed by atoms with Crippen molar-refractivity contribution in [1.82, 2.24) is 0 Å². The third-order valence-electron chi connectivity index (χ3n) is 5.53. The van der Waals surface area contributed by atoms with Gasteiger partial charge < -0.3 is 9.47 Å². The largest absolute Gasteiger partial charge is 0.491 e. The first kappa shape index (κ1) is 21.0. The lowest BCUT2D eigenvalue weighted by molar-refractivity contribution is 0.189. The van der Waals surface area contributed by atoms with Crippen molar-refractivity contribution in [2.45, 2.75) is 78.1 Å². The SMILES string of the molecule is CCCCCC1CCCCC1CCCOc1ccc(OCC)c(F)c1F. The molecule has 0 spiro atoms. The molecule has 0 saturated heterocycles. The summed E-state index contributed by atoms with van der Waals surface area (Å²) in [5.74, 6) is -0.386. The van der Waals surface area contributed by atoms with Crippen molar-refractivity contribution >= 4 is 0 Å². The summed E-state index contributed by atoms with van der Waals surface area (Å²) in [6.45, 7) is 4.72. The van der Waals surface area contributed by atoms with Crippen LogP contribution in [0.15, 0.2) is 12.1 Å². The van der Waals surface area contributed by atoms with Crippen LogP contribution in [0.25, 0.3) is 0 Å². The molecule has 1 aliphatic carbocycles. The van der Waals surface area contributed by atoms with Crippen LogP contribution in [0.3, 0.4) is 0 Å². The molecule has 4 heteroatoms. The van der Waals surface area contributed by atoms with Crippen LogP contribution in [0.2, 0.25) is 0 Å². The van der Waals surface area contributed by atoms with Crippen LogP contribution < -0.4 is 9.47 Å². The number of halogens is 2. The second kappa shape index (κ2) is 11.4. The molecule has 0 bridgehead atoms. The van der Waals surface area contributed by atoms with Gasteiger partial charge in [-0.3, -0.25) is 0 Å². The molecule has 26 heavy (non-hydrogen) atoms. The van der Waals surface area contributed by atoms with Crippen LogP contribution in [-0.4, -0.2) is 13.2 Å². The van der Waals surface area contributed by atoms with Crippen molar-refractivity contribution in [3.8, 4) is 11.5 Å². The molecule has 1 fully saturated rings. The zero-order valence-corrected chi connectivity index (χ0v) is 16.4. The maximum Gasteiger partial charge on any atom is 0.204 e. The van der Waals surface area contributed by atoms with E-state index in [2.05, 4.69) is 6.92 Å². The number of rotatable bonds is 11. The van der Waals surface area contributed by atoms with Gasteiger partial charge in [0.15, 0.2) is 11.5 Å². The standard InChI is InChI=1S/C22H34F2O2/c1-3-5-6-10-17-11-7-8-12-18(17)13-9-16-26-20-15-14-19(25-4-2)21(23)22(20)24/h14-15,17-18H,3-13,16H2,1-2H3. The lowest BCUT2D eigenvalue weighted by Crippen LogP contribution is -2.20. The Morgan fingerprint density at radius 1 is 0.846 bits per heavy atom. The molecule has 1 aliphatic rings. The number of unbranched alkanes of at least 4 members (excludes halogenated alkanes) is 2. The van der Waals surface area contributed by atoms with Gasteiger partial charge in [0.05, 0.1) is 13.2 Å². The van der Waals surface area contributed by atoms with E-state index >= 15 is 0 Å². The van der Waals surface area contributed by atoms with Gasteiger partial charge in [-0.05, 0) is 43.7 Å². The summed E-state index contributed by atoms with van der Waals surface area (Å²) in [6, 6.07) is 2.89. The Bertz CT molecular complexity index is 533. The monoisotopic (exact) mass is 368 g/mol. The first-order valence-electron chi connectivity index (χ1n) is 10.4. The number of benzene rings is 1. The second-order valence-electron chi connectivity index (χ2n) is 7.41. The molecule has 0 N–H and O–H groups in total. The smallest absolute Gasteiger partial charge is 0.204 e. The predicted octanol–water partition coefficient (Wildman–Crippen LogP) is 6.91. The fraction of sp³-hybridized carbons (Fsp3) is 0.727. The first-order chi connectivity index (χ1) is 12.7. The molecule has 1 saturated carbocycles. The van der Waals surface area contributed by atoms with Gasteiger partial charge in [0.25, 0.3) is 0 Å². The van der Waals surface area contributed by atoms with Crippen LogP contribution in [0.1, 0.15) is 78.1 Å². The van der Waals surface area contributed by atoms with E-state index in [9.17, 15) is 8.78 Å². The van der Waals surface area contributed by atoms with Gasteiger partial charge in [-0.2, -0.15) is 8.78 Å². The van der Waals surface area contributed by atoms with E-state index in [-0.39, 0.29) is 11.5 Å². The molecular formula is C22H34F2O2. The minimum atomic E-state index is -0.965. The van der Waals surface area contributed by atoms with Crippen molar-refractivity contribution in [2.24, 2.45) is 11.8 Å². The lowest BCUT2D eigenvalue weighted by atomic mass is 9.74. The van der Waals surface area contributed by atoms with E-state index in [1.54, 1.807) is 6.92 Å². The van der Waals surface area contributed by atoms with Gasteiger partial charge in [0.2, 0.25) is 11.6 Å². The Labute approximate surface area is 157 Å². The molecule has 0 heterocycles. The molecule has 2 rings (SSSR count). The van der Waals surface area contributed by atoms with Gasteiger partial charge in [-0.15, -0.1) is 0 Å². The van der Waals surface area contributed by atoms with Crippen LogP contribution >= 0.6 is 0 Å². The first-order valence-corrected chi connectivity index (χ1v) is 10.4. The number of hydrogen-bond donors (Lipinski definition) is 0. The minimum Gasteiger partial charge on any atom is -0.491 e. The maximum absolute atomic E-state index is 14.0. The van der Waals surface area contributed by atoms with E-state index in [1.165, 1.54) is 63.5 Å². The van der Waals surface area contributed by atoms with Crippen LogP contribution in [0.5, 0.6) is 11.5 Å². The highest BCUT2D eigenvalue weighted by atomic mass is 19.2. The normalized spacial score (nSPS) is 20.2. The third-order valence-corrected chi connectivity index (χ3v) is 5.53. The lowest BCUT2D eigenvalue weighted by Gasteiger charge is -2.31. The number of hydrogen-bond acceptors (Lipinski definition) is 2. The maximum atomic E-state index is 14.0. The molecule has 1 aromatic carbocycles. The van der Waals surface area contributed by atoms with Crippen molar-refractivity contribution in [3.05, 3.63) is 23.8 Å². The van der Waals surface area contributed by atoms with Gasteiger partial charge in [-0.1, -0.05) is 58.3 Å². The van der Waals surface area contributed by atoms with Crippen molar-refractivity contribution in [3.63, 3.8) is 0 Å². The Kier molecular flexibility index (Phi) is 9.21. The molecule has 2 nitrogen and oxygen atoms in total. The highest BCUT2D eigenvalue weighted by Crippen LogP contribution is 2.36. The summed E-state index contributed by atoms with van der Waals surface area (Å²) in [4.78, 5) is 0. The van der Waals surface area contributed by atoms with Crippen molar-refractivity contribution in [2.75, 3.05) is 13.2 Å². The third kappa shape index (κ3) is 6.14. The zero-order valence-electron chi connectivity index (χ0n) is 16.4. The molecule has 0 radical (unpaired) electrons. The summed E-state index contributed by atoms with van der Waals surface area (Å²) in [6.07, 6.45) is 12.7. The fourth-order valence-corrected chi connectivity index (χ4v) is 4.12. The molecule has 0 aliphatic heterocycles. The molecule has 2 unspecified atom stereocenters. The zero-order chi connectivity index (χ0) is 18.8. The average Bonchev–Trinajstić information content (AvgIpc) is 2.65. The van der Waals surface area contributed by atoms with Crippen molar-refractivity contribution in [1.29, 1.82) is 0 Å². The molecule has 1 aromatic rings. The van der Waals surface area contributed by atoms with Gasteiger partial charge in [0, 0.05) is 0 Å². The Hall–Kier alpha value is -1.32. The Morgan fingerprint density at radius 2 is 1.42 bits per heavy atom. The average molecular weight is 369 g/mol. The highest BCUT2D eigenvalue weighted by Gasteiger charge is 2.24. The summed E-state index contributed by atoms with van der Waals surface area (Å²) < 4.78 is 38.5. The summed E-state index contributed by atoms with van der Waals surface area (Å²) in [5, 5.41) is 0. The summed E-state index contributed by atoms with van der Waals surface area (Å²) >= 11 is 0. The van der Waals surface area contributed by atoms with E-state index in [0.29, 0.717) is 13.2 Å². The quantitative estimate of drug-likeness (QED) is 0.395. The van der Waals surface area contributed by atoms with E-state index in [1.807, 2.05) is 0 Å². The van der Waals surface area contributed by atoms with Gasteiger partial charge in [-0.25, -0.2) is 0 Å². The van der Waals surface area contributed by atoms with Gasteiger partial charge >= 0.3 is 0 Å². The Morgan fingerprint density at radius 3 is 2.00 bits per heavy atom.